The van der Waals surface area contributed by atoms with Crippen LogP contribution in [0.3, 0.4) is 0 Å². The third-order valence-corrected chi connectivity index (χ3v) is 22.5. The molecule has 0 aromatic rings. The standard InChI is InChI=1S/C68H108ClF3N12O12/c1-14-41(6)54-63(93)77(9)42(7)59(89)84-34-28-49(84)61(91)80(12)56(44-24-25-44)64(94)76(8)38-52(85)73-47(27-23-43-22-26-45(46(69)36-43)68(70,71)72)60(90)83-33-20-21-48(83)58(88)75-67(29-16-17-30-67)66(96)81(13)55(40(4)5)65(95)79(11)51(62(92)82-31-18-15-19-32-82)37-53(86)78(10)50(35-39(2)3)57(87)74-54/h39-51,54-56H,14-38H2,1-13H3,(H,73,85)(H,74,87)(H,75,88)/t41-,42-,43?,45?,46?,47-,48-,49-,50-,51-,54-,55-,56-/m0/s1. The molecule has 96 heavy (non-hydrogen) atoms. The number of likely N-dealkylation sites (tertiary alicyclic amines) is 1. The number of halogens is 4. The quantitative estimate of drug-likeness (QED) is 0.255. The van der Waals surface area contributed by atoms with Crippen molar-refractivity contribution in [1.29, 1.82) is 0 Å². The number of hydrogen-bond donors (Lipinski definition) is 3. The van der Waals surface area contributed by atoms with Gasteiger partial charge in [-0.15, -0.1) is 11.6 Å². The van der Waals surface area contributed by atoms with Gasteiger partial charge in [0, 0.05) is 73.8 Å². The highest BCUT2D eigenvalue weighted by Gasteiger charge is 2.53. The summed E-state index contributed by atoms with van der Waals surface area (Å²) in [6, 6.07) is -10.7. The number of hydrogen-bond acceptors (Lipinski definition) is 12. The molecule has 0 radical (unpaired) electrons. The Balaban J connectivity index is 1.25. The van der Waals surface area contributed by atoms with Crippen molar-refractivity contribution in [2.24, 2.45) is 35.5 Å². The van der Waals surface area contributed by atoms with Crippen LogP contribution in [0, 0.1) is 35.5 Å². The van der Waals surface area contributed by atoms with Gasteiger partial charge < -0.3 is 60.0 Å². The highest BCUT2D eigenvalue weighted by Crippen LogP contribution is 2.44. The van der Waals surface area contributed by atoms with E-state index in [4.69, 9.17) is 11.6 Å². The first-order valence-corrected chi connectivity index (χ1v) is 35.6. The number of alkyl halides is 4. The number of amides is 12. The van der Waals surface area contributed by atoms with Gasteiger partial charge in [-0.2, -0.15) is 13.2 Å². The normalized spacial score (nSPS) is 31.4. The summed E-state index contributed by atoms with van der Waals surface area (Å²) in [6.07, 6.45) is 1.09. The second kappa shape index (κ2) is 32.6. The summed E-state index contributed by atoms with van der Waals surface area (Å²) in [5.41, 5.74) is -1.56. The Labute approximate surface area is 569 Å². The first-order chi connectivity index (χ1) is 45.1. The van der Waals surface area contributed by atoms with Gasteiger partial charge >= 0.3 is 6.18 Å². The Morgan fingerprint density at radius 3 is 1.83 bits per heavy atom. The van der Waals surface area contributed by atoms with Gasteiger partial charge in [-0.3, -0.25) is 57.5 Å². The predicted molar refractivity (Wildman–Crippen MR) is 351 cm³/mol. The summed E-state index contributed by atoms with van der Waals surface area (Å²) in [7, 11) is 8.59. The zero-order chi connectivity index (χ0) is 71.2. The molecule has 540 valence electrons. The molecule has 13 atom stereocenters. The van der Waals surface area contributed by atoms with E-state index in [0.717, 1.165) is 11.3 Å². The molecule has 7 fully saturated rings. The molecule has 4 aliphatic heterocycles. The number of likely N-dealkylation sites (N-methyl/N-ethyl adjacent to an activating group) is 6. The van der Waals surface area contributed by atoms with Gasteiger partial charge in [-0.25, -0.2) is 0 Å². The summed E-state index contributed by atoms with van der Waals surface area (Å²) in [5, 5.41) is 7.55. The van der Waals surface area contributed by atoms with Gasteiger partial charge in [0.1, 0.15) is 59.9 Å². The molecule has 28 heteroatoms. The first kappa shape index (κ1) is 77.1. The monoisotopic (exact) mass is 1380 g/mol. The minimum absolute atomic E-state index is 0.00122. The first-order valence-electron chi connectivity index (χ1n) is 35.2. The van der Waals surface area contributed by atoms with Crippen LogP contribution in [-0.2, 0) is 57.5 Å². The van der Waals surface area contributed by atoms with E-state index in [1.54, 1.807) is 25.7 Å². The van der Waals surface area contributed by atoms with Crippen LogP contribution in [0.15, 0.2) is 0 Å². The molecule has 12 amide bonds. The fourth-order valence-corrected chi connectivity index (χ4v) is 15.9. The zero-order valence-corrected chi connectivity index (χ0v) is 59.6. The number of nitrogens with one attached hydrogen (secondary N) is 3. The molecule has 7 rings (SSSR count). The predicted octanol–water partition coefficient (Wildman–Crippen LogP) is 4.53. The molecule has 4 saturated heterocycles. The highest BCUT2D eigenvalue weighted by molar-refractivity contribution is 6.21. The highest BCUT2D eigenvalue weighted by atomic mass is 35.5. The molecule has 1 spiro atoms. The minimum atomic E-state index is -4.50. The fraction of sp³-hybridized carbons (Fsp3) is 0.824. The smallest absolute Gasteiger partial charge is 0.343 e. The molecule has 0 bridgehead atoms. The molecule has 3 unspecified atom stereocenters. The molecule has 0 aromatic carbocycles. The number of fused-ring (bicyclic) bond motifs is 2. The Hall–Kier alpha value is -6.28. The van der Waals surface area contributed by atoms with Gasteiger partial charge in [-0.1, -0.05) is 60.8 Å². The molecular weight excluding hydrogens is 1270 g/mol. The van der Waals surface area contributed by atoms with E-state index in [1.807, 2.05) is 20.8 Å². The third kappa shape index (κ3) is 17.6. The van der Waals surface area contributed by atoms with Crippen LogP contribution in [0.2, 0.25) is 0 Å². The Morgan fingerprint density at radius 1 is 0.635 bits per heavy atom. The lowest BCUT2D eigenvalue weighted by molar-refractivity contribution is -0.182. The van der Waals surface area contributed by atoms with Gasteiger partial charge in [-0.05, 0) is 139 Å². The van der Waals surface area contributed by atoms with Crippen molar-refractivity contribution in [2.45, 2.75) is 248 Å². The van der Waals surface area contributed by atoms with E-state index in [0.29, 0.717) is 64.5 Å². The molecule has 7 aliphatic rings. The van der Waals surface area contributed by atoms with Gasteiger partial charge in [0.25, 0.3) is 0 Å². The van der Waals surface area contributed by atoms with Crippen LogP contribution in [0.25, 0.3) is 0 Å². The average Bonchev–Trinajstić information content (AvgIpc) is 1.05. The van der Waals surface area contributed by atoms with Crippen LogP contribution >= 0.6 is 11.6 Å². The molecule has 3 aliphatic carbocycles. The molecule has 24 nitrogen and oxygen atoms in total. The lowest BCUT2D eigenvalue weighted by Gasteiger charge is -2.45. The molecular formula is C68H108ClF3N12O12. The van der Waals surface area contributed by atoms with Gasteiger partial charge in [0.05, 0.1) is 18.9 Å². The second-order valence-electron chi connectivity index (χ2n) is 29.6. The van der Waals surface area contributed by atoms with E-state index in [1.165, 1.54) is 83.5 Å². The van der Waals surface area contributed by atoms with E-state index in [-0.39, 0.29) is 95.1 Å². The molecule has 3 saturated carbocycles. The SMILES string of the molecule is CC[C@H](C)[C@@H]1NC(=O)[C@H](CC(C)C)N(C)C(=O)C[C@@H](C(=O)N2CCCCC2)N(C)C(=O)[C@H](C(C)C)N(C)C(=O)C2(CCCC2)NC(=O)[C@@H]2CCCN2C(=O)[C@H](CCC2CCC(C(F)(F)F)C(Cl)C2)NC(=O)CN(C)C(=O)[C@H](C2CC2)N(C)C(=O)[C@@H]2CCN2C(=O)[C@H](C)N(C)C1=O. The minimum Gasteiger partial charge on any atom is -0.343 e. The number of carbonyl (C=O) groups is 12. The summed E-state index contributed by atoms with van der Waals surface area (Å²) in [6.45, 7) is 12.7. The van der Waals surface area contributed by atoms with Crippen molar-refractivity contribution in [2.75, 3.05) is 75.0 Å². The third-order valence-electron chi connectivity index (χ3n) is 22.0. The van der Waals surface area contributed by atoms with Gasteiger partial charge in [0.2, 0.25) is 70.9 Å². The Kier molecular flexibility index (Phi) is 26.2. The van der Waals surface area contributed by atoms with E-state index < -0.39 is 173 Å². The molecule has 3 N–H and O–H groups in total. The lowest BCUT2D eigenvalue weighted by Crippen LogP contribution is -2.65. The lowest BCUT2D eigenvalue weighted by atomic mass is 9.78. The van der Waals surface area contributed by atoms with E-state index in [9.17, 15) is 56.3 Å². The van der Waals surface area contributed by atoms with Crippen molar-refractivity contribution in [3.63, 3.8) is 0 Å². The molecule has 4 heterocycles. The van der Waals surface area contributed by atoms with Crippen molar-refractivity contribution >= 4 is 82.5 Å². The Bertz CT molecular complexity index is 2870. The summed E-state index contributed by atoms with van der Waals surface area (Å²) < 4.78 is 41.8. The van der Waals surface area contributed by atoms with Crippen molar-refractivity contribution in [3.05, 3.63) is 0 Å². The summed E-state index contributed by atoms with van der Waals surface area (Å²) in [4.78, 5) is 190. The summed E-state index contributed by atoms with van der Waals surface area (Å²) >= 11 is 6.37. The number of piperidine rings is 1. The second-order valence-corrected chi connectivity index (χ2v) is 30.1. The largest absolute Gasteiger partial charge is 0.393 e. The van der Waals surface area contributed by atoms with Crippen molar-refractivity contribution in [3.8, 4) is 0 Å². The number of nitrogens with zero attached hydrogens (tertiary/aromatic N) is 9. The average molecular weight is 1380 g/mol. The van der Waals surface area contributed by atoms with E-state index >= 15 is 14.4 Å². The maximum absolute atomic E-state index is 15.4. The zero-order valence-electron chi connectivity index (χ0n) is 58.9. The van der Waals surface area contributed by atoms with Crippen LogP contribution < -0.4 is 16.0 Å². The maximum atomic E-state index is 15.4. The van der Waals surface area contributed by atoms with Crippen LogP contribution in [0.5, 0.6) is 0 Å². The van der Waals surface area contributed by atoms with Crippen LogP contribution in [0.1, 0.15) is 177 Å². The fourth-order valence-electron chi connectivity index (χ4n) is 15.4. The van der Waals surface area contributed by atoms with Crippen molar-refractivity contribution in [1.82, 2.24) is 60.0 Å². The number of rotatable bonds is 10. The maximum Gasteiger partial charge on any atom is 0.393 e. The topological polar surface area (TPSA) is 270 Å². The van der Waals surface area contributed by atoms with E-state index in [2.05, 4.69) is 16.0 Å². The molecule has 0 aromatic heterocycles. The number of carbonyl (C=O) groups excluding carboxylic acids is 12. The Morgan fingerprint density at radius 2 is 1.27 bits per heavy atom. The summed E-state index contributed by atoms with van der Waals surface area (Å²) in [5.74, 6) is -11.0. The van der Waals surface area contributed by atoms with Crippen LogP contribution in [0.4, 0.5) is 13.2 Å². The van der Waals surface area contributed by atoms with Gasteiger partial charge in [0.15, 0.2) is 0 Å². The van der Waals surface area contributed by atoms with Crippen molar-refractivity contribution < 1.29 is 70.7 Å². The van der Waals surface area contributed by atoms with Crippen LogP contribution in [-0.4, -0.2) is 261 Å².